The second-order valence-corrected chi connectivity index (χ2v) is 9.45. The molecule has 0 saturated carbocycles. The van der Waals surface area contributed by atoms with Gasteiger partial charge in [-0.2, -0.15) is 0 Å². The summed E-state index contributed by atoms with van der Waals surface area (Å²) in [5, 5.41) is 11.5. The number of methoxy groups -OCH3 is 1. The topological polar surface area (TPSA) is 89.4 Å². The monoisotopic (exact) mass is 509 g/mol. The highest BCUT2D eigenvalue weighted by molar-refractivity contribution is 5.97. The zero-order valence-corrected chi connectivity index (χ0v) is 21.4. The van der Waals surface area contributed by atoms with Crippen LogP contribution in [0.5, 0.6) is 5.75 Å². The van der Waals surface area contributed by atoms with E-state index in [0.29, 0.717) is 18.0 Å². The number of allylic oxidation sites excluding steroid dienone is 2. The van der Waals surface area contributed by atoms with Gasteiger partial charge in [0.1, 0.15) is 23.9 Å². The molecule has 2 atom stereocenters. The first-order chi connectivity index (χ1) is 18.6. The lowest BCUT2D eigenvalue weighted by atomic mass is 9.85. The number of hydrogen-bond acceptors (Lipinski definition) is 5. The Morgan fingerprint density at radius 3 is 2.53 bits per heavy atom. The smallest absolute Gasteiger partial charge is 0.247 e. The van der Waals surface area contributed by atoms with E-state index in [4.69, 9.17) is 4.74 Å². The fourth-order valence-electron chi connectivity index (χ4n) is 4.98. The van der Waals surface area contributed by atoms with Crippen molar-refractivity contribution in [1.29, 1.82) is 0 Å². The van der Waals surface area contributed by atoms with Crippen molar-refractivity contribution in [2.75, 3.05) is 12.4 Å². The number of nitrogens with one attached hydrogen (secondary N) is 1. The molecular weight excluding hydrogens is 478 g/mol. The van der Waals surface area contributed by atoms with Crippen LogP contribution in [0.25, 0.3) is 11.0 Å². The van der Waals surface area contributed by atoms with Gasteiger partial charge in [-0.1, -0.05) is 59.8 Å². The summed E-state index contributed by atoms with van der Waals surface area (Å²) in [5.41, 5.74) is 3.11. The lowest BCUT2D eigenvalue weighted by molar-refractivity contribution is -0.142. The van der Waals surface area contributed by atoms with E-state index < -0.39 is 6.04 Å². The van der Waals surface area contributed by atoms with Gasteiger partial charge in [-0.25, -0.2) is 4.68 Å². The molecule has 3 aromatic carbocycles. The number of aromatic nitrogens is 3. The molecule has 38 heavy (non-hydrogen) atoms. The van der Waals surface area contributed by atoms with Crippen LogP contribution < -0.4 is 10.1 Å². The largest absolute Gasteiger partial charge is 0.497 e. The van der Waals surface area contributed by atoms with E-state index in [1.165, 1.54) is 0 Å². The maximum Gasteiger partial charge on any atom is 0.247 e. The Balaban J connectivity index is 1.48. The van der Waals surface area contributed by atoms with Crippen LogP contribution in [0.15, 0.2) is 91.0 Å². The quantitative estimate of drug-likeness (QED) is 0.327. The van der Waals surface area contributed by atoms with Crippen molar-refractivity contribution in [3.8, 4) is 5.75 Å². The molecule has 1 aliphatic carbocycles. The number of benzene rings is 3. The van der Waals surface area contributed by atoms with Crippen LogP contribution in [-0.4, -0.2) is 44.9 Å². The van der Waals surface area contributed by atoms with Gasteiger partial charge < -0.3 is 15.0 Å². The van der Waals surface area contributed by atoms with Crippen LogP contribution in [0.3, 0.4) is 0 Å². The van der Waals surface area contributed by atoms with E-state index in [0.717, 1.165) is 35.9 Å². The highest BCUT2D eigenvalue weighted by atomic mass is 16.5. The lowest BCUT2D eigenvalue weighted by Crippen LogP contribution is -2.52. The lowest BCUT2D eigenvalue weighted by Gasteiger charge is -2.37. The second kappa shape index (κ2) is 11.7. The van der Waals surface area contributed by atoms with Gasteiger partial charge in [-0.3, -0.25) is 9.59 Å². The summed E-state index contributed by atoms with van der Waals surface area (Å²) in [7, 11) is 1.60. The average molecular weight is 510 g/mol. The molecule has 1 aliphatic rings. The summed E-state index contributed by atoms with van der Waals surface area (Å²) in [6, 6.07) is 23.9. The Morgan fingerprint density at radius 1 is 1.03 bits per heavy atom. The van der Waals surface area contributed by atoms with Crippen LogP contribution in [0.2, 0.25) is 0 Å². The Kier molecular flexibility index (Phi) is 7.78. The summed E-state index contributed by atoms with van der Waals surface area (Å²) >= 11 is 0. The number of ether oxygens (including phenoxy) is 1. The number of rotatable bonds is 9. The molecule has 194 valence electrons. The predicted octanol–water partition coefficient (Wildman–Crippen LogP) is 4.83. The Bertz CT molecular complexity index is 1410. The first-order valence-electron chi connectivity index (χ1n) is 12.8. The molecule has 0 bridgehead atoms. The minimum atomic E-state index is -0.662. The summed E-state index contributed by atoms with van der Waals surface area (Å²) in [5.74, 6) is 0.299. The Morgan fingerprint density at radius 2 is 1.79 bits per heavy atom. The molecule has 0 radical (unpaired) electrons. The van der Waals surface area contributed by atoms with Crippen molar-refractivity contribution < 1.29 is 14.3 Å². The number of fused-ring (bicyclic) bond motifs is 1. The minimum Gasteiger partial charge on any atom is -0.497 e. The molecule has 5 rings (SSSR count). The van der Waals surface area contributed by atoms with Crippen molar-refractivity contribution in [1.82, 2.24) is 19.9 Å². The molecule has 0 unspecified atom stereocenters. The number of nitrogens with zero attached hydrogens (tertiary/aromatic N) is 4. The number of hydrogen-bond donors (Lipinski definition) is 1. The van der Waals surface area contributed by atoms with E-state index in [-0.39, 0.29) is 24.3 Å². The molecule has 0 saturated heterocycles. The van der Waals surface area contributed by atoms with Gasteiger partial charge in [0.25, 0.3) is 0 Å². The Hall–Kier alpha value is -4.46. The molecule has 8 nitrogen and oxygen atoms in total. The molecule has 1 aromatic heterocycles. The van der Waals surface area contributed by atoms with Crippen LogP contribution in [0.1, 0.15) is 24.8 Å². The zero-order valence-electron chi connectivity index (χ0n) is 21.4. The van der Waals surface area contributed by atoms with E-state index in [1.807, 2.05) is 54.6 Å². The zero-order chi connectivity index (χ0) is 26.3. The van der Waals surface area contributed by atoms with Crippen LogP contribution in [0.4, 0.5) is 5.69 Å². The van der Waals surface area contributed by atoms with Crippen LogP contribution in [-0.2, 0) is 22.7 Å². The molecule has 8 heteroatoms. The normalized spacial score (nSPS) is 15.7. The number of carbonyl (C=O) groups excluding carboxylic acids is 2. The summed E-state index contributed by atoms with van der Waals surface area (Å²) in [6.07, 6.45) is 6.67. The average Bonchev–Trinajstić information content (AvgIpc) is 3.37. The summed E-state index contributed by atoms with van der Waals surface area (Å²) in [4.78, 5) is 29.6. The maximum atomic E-state index is 14.0. The summed E-state index contributed by atoms with van der Waals surface area (Å²) in [6.45, 7) is 0.301. The van der Waals surface area contributed by atoms with Gasteiger partial charge in [-0.15, -0.1) is 5.10 Å². The third kappa shape index (κ3) is 5.75. The second-order valence-electron chi connectivity index (χ2n) is 9.45. The number of carbonyl (C=O) groups is 2. The van der Waals surface area contributed by atoms with Crippen molar-refractivity contribution in [3.63, 3.8) is 0 Å². The van der Waals surface area contributed by atoms with Gasteiger partial charge in [0.15, 0.2) is 0 Å². The number of para-hydroxylation sites is 1. The molecule has 0 fully saturated rings. The molecule has 0 spiro atoms. The van der Waals surface area contributed by atoms with Gasteiger partial charge in [0.2, 0.25) is 11.8 Å². The molecule has 1 heterocycles. The first-order valence-corrected chi connectivity index (χ1v) is 12.8. The fraction of sp³-hybridized carbons (Fsp3) is 0.267. The maximum absolute atomic E-state index is 14.0. The molecule has 1 N–H and O–H groups in total. The highest BCUT2D eigenvalue weighted by Gasteiger charge is 2.37. The SMILES string of the molecule is COc1ccc(NC(=O)[C@H]([C@@H]2CC=CCC2)N(Cc2ccccc2)C(=O)Cn2nnc3ccccc32)cc1. The van der Waals surface area contributed by atoms with Crippen molar-refractivity contribution in [2.24, 2.45) is 5.92 Å². The third-order valence-corrected chi connectivity index (χ3v) is 6.94. The van der Waals surface area contributed by atoms with Gasteiger partial charge in [0, 0.05) is 12.2 Å². The van der Waals surface area contributed by atoms with Crippen LogP contribution in [0, 0.1) is 5.92 Å². The Labute approximate surface area is 221 Å². The van der Waals surface area contributed by atoms with Crippen LogP contribution >= 0.6 is 0 Å². The number of amides is 2. The van der Waals surface area contributed by atoms with Crippen molar-refractivity contribution in [2.45, 2.75) is 38.4 Å². The van der Waals surface area contributed by atoms with E-state index in [2.05, 4.69) is 27.8 Å². The van der Waals surface area contributed by atoms with E-state index in [1.54, 1.807) is 41.0 Å². The first kappa shape index (κ1) is 25.2. The number of anilines is 1. The van der Waals surface area contributed by atoms with Gasteiger partial charge >= 0.3 is 0 Å². The third-order valence-electron chi connectivity index (χ3n) is 6.94. The van der Waals surface area contributed by atoms with Crippen molar-refractivity contribution >= 4 is 28.5 Å². The minimum absolute atomic E-state index is 0.0117. The summed E-state index contributed by atoms with van der Waals surface area (Å²) < 4.78 is 6.85. The van der Waals surface area contributed by atoms with Crippen molar-refractivity contribution in [3.05, 3.63) is 96.6 Å². The molecule has 2 amide bonds. The van der Waals surface area contributed by atoms with Gasteiger partial charge in [-0.05, 0) is 67.1 Å². The highest BCUT2D eigenvalue weighted by Crippen LogP contribution is 2.28. The van der Waals surface area contributed by atoms with E-state index in [9.17, 15) is 9.59 Å². The molecule has 0 aliphatic heterocycles. The predicted molar refractivity (Wildman–Crippen MR) is 146 cm³/mol. The van der Waals surface area contributed by atoms with E-state index >= 15 is 0 Å². The van der Waals surface area contributed by atoms with Gasteiger partial charge in [0.05, 0.1) is 12.6 Å². The molecule has 4 aromatic rings. The molecular formula is C30H31N5O3. The fourth-order valence-corrected chi connectivity index (χ4v) is 4.98. The standard InChI is InChI=1S/C30H31N5O3/c1-38-25-18-16-24(17-19-25)31-30(37)29(23-12-6-3-7-13-23)34(20-22-10-4-2-5-11-22)28(36)21-35-27-15-9-8-14-26(27)32-33-35/h2-6,8-11,14-19,23,29H,7,12-13,20-21H2,1H3,(H,31,37)/t23-,29+/m1/s1.